The molecule has 0 unspecified atom stereocenters. The Morgan fingerprint density at radius 1 is 0.862 bits per heavy atom. The fraction of sp³-hybridized carbons (Fsp3) is 0.120. The van der Waals surface area contributed by atoms with Gasteiger partial charge in [0, 0.05) is 5.56 Å². The van der Waals surface area contributed by atoms with Gasteiger partial charge in [-0.3, -0.25) is 0 Å². The number of halogens is 3. The lowest BCUT2D eigenvalue weighted by Crippen LogP contribution is -2.08. The number of ether oxygens (including phenoxy) is 1. The smallest absolute Gasteiger partial charge is 0.417 e. The Balaban J connectivity index is 2.08. The van der Waals surface area contributed by atoms with Crippen molar-refractivity contribution in [2.24, 2.45) is 0 Å². The van der Waals surface area contributed by atoms with Crippen molar-refractivity contribution in [3.05, 3.63) is 95.1 Å². The summed E-state index contributed by atoms with van der Waals surface area (Å²) in [5.74, 6) is 0.349. The third kappa shape index (κ3) is 4.43. The van der Waals surface area contributed by atoms with Crippen LogP contribution in [-0.2, 0) is 6.18 Å². The van der Waals surface area contributed by atoms with E-state index in [4.69, 9.17) is 4.74 Å². The minimum atomic E-state index is -4.48. The van der Waals surface area contributed by atoms with Gasteiger partial charge in [0.05, 0.1) is 12.7 Å². The molecule has 3 rings (SSSR count). The summed E-state index contributed by atoms with van der Waals surface area (Å²) >= 11 is 0. The van der Waals surface area contributed by atoms with Gasteiger partial charge >= 0.3 is 6.18 Å². The first-order valence-electron chi connectivity index (χ1n) is 9.10. The summed E-state index contributed by atoms with van der Waals surface area (Å²) in [6.45, 7) is 5.54. The van der Waals surface area contributed by atoms with Crippen LogP contribution in [0.15, 0.2) is 67.2 Å². The molecule has 0 radical (unpaired) electrons. The Morgan fingerprint density at radius 2 is 1.55 bits per heavy atom. The third-order valence-corrected chi connectivity index (χ3v) is 4.83. The lowest BCUT2D eigenvalue weighted by atomic mass is 9.95. The first-order valence-corrected chi connectivity index (χ1v) is 9.10. The maximum atomic E-state index is 13.6. The molecule has 0 aliphatic heterocycles. The number of alkyl halides is 3. The molecule has 0 heterocycles. The molecule has 1 nitrogen and oxygen atoms in total. The maximum Gasteiger partial charge on any atom is 0.417 e. The first-order chi connectivity index (χ1) is 13.8. The van der Waals surface area contributed by atoms with Crippen LogP contribution in [0.2, 0.25) is 0 Å². The summed E-state index contributed by atoms with van der Waals surface area (Å²) < 4.78 is 46.0. The highest BCUT2D eigenvalue weighted by Gasteiger charge is 2.33. The molecule has 3 aromatic rings. The average molecular weight is 394 g/mol. The van der Waals surface area contributed by atoms with Crippen LogP contribution in [-0.4, -0.2) is 7.11 Å². The van der Waals surface area contributed by atoms with Crippen molar-refractivity contribution in [3.8, 4) is 16.9 Å². The molecule has 3 aromatic carbocycles. The Morgan fingerprint density at radius 3 is 2.17 bits per heavy atom. The van der Waals surface area contributed by atoms with E-state index in [0.29, 0.717) is 11.3 Å². The molecule has 0 saturated heterocycles. The minimum absolute atomic E-state index is 0.0458. The largest absolute Gasteiger partial charge is 0.496 e. The van der Waals surface area contributed by atoms with E-state index in [-0.39, 0.29) is 5.56 Å². The van der Waals surface area contributed by atoms with Crippen molar-refractivity contribution in [1.29, 1.82) is 0 Å². The van der Waals surface area contributed by atoms with Crippen LogP contribution < -0.4 is 4.74 Å². The monoisotopic (exact) mass is 394 g/mol. The molecule has 0 atom stereocenters. The molecule has 4 heteroatoms. The van der Waals surface area contributed by atoms with E-state index in [9.17, 15) is 13.2 Å². The van der Waals surface area contributed by atoms with Crippen molar-refractivity contribution in [2.45, 2.75) is 13.1 Å². The number of hydrogen-bond acceptors (Lipinski definition) is 1. The quantitative estimate of drug-likeness (QED) is 0.407. The Bertz CT molecular complexity index is 1050. The molecule has 0 fully saturated rings. The average Bonchev–Trinajstić information content (AvgIpc) is 2.72. The number of methoxy groups -OCH3 is 1. The molecule has 0 aromatic heterocycles. The van der Waals surface area contributed by atoms with Gasteiger partial charge in [-0.1, -0.05) is 73.3 Å². The maximum absolute atomic E-state index is 13.6. The zero-order valence-electron chi connectivity index (χ0n) is 16.3. The second-order valence-electron chi connectivity index (χ2n) is 6.60. The van der Waals surface area contributed by atoms with Crippen LogP contribution in [0.5, 0.6) is 5.75 Å². The van der Waals surface area contributed by atoms with E-state index in [1.165, 1.54) is 25.3 Å². The molecule has 148 valence electrons. The second-order valence-corrected chi connectivity index (χ2v) is 6.60. The van der Waals surface area contributed by atoms with E-state index in [2.05, 4.69) is 6.58 Å². The predicted molar refractivity (Wildman–Crippen MR) is 114 cm³/mol. The van der Waals surface area contributed by atoms with Crippen LogP contribution in [0.25, 0.3) is 29.4 Å². The van der Waals surface area contributed by atoms with Gasteiger partial charge in [0.15, 0.2) is 0 Å². The molecule has 0 aliphatic carbocycles. The van der Waals surface area contributed by atoms with Gasteiger partial charge in [0.25, 0.3) is 0 Å². The zero-order chi connectivity index (χ0) is 21.0. The predicted octanol–water partition coefficient (Wildman–Crippen LogP) is 7.50. The van der Waals surface area contributed by atoms with Crippen LogP contribution in [0, 0.1) is 6.92 Å². The molecule has 0 N–H and O–H groups in total. The van der Waals surface area contributed by atoms with E-state index in [1.807, 2.05) is 55.5 Å². The number of hydrogen-bond donors (Lipinski definition) is 0. The summed E-state index contributed by atoms with van der Waals surface area (Å²) in [6, 6.07) is 18.1. The van der Waals surface area contributed by atoms with Crippen molar-refractivity contribution in [1.82, 2.24) is 0 Å². The highest BCUT2D eigenvalue weighted by molar-refractivity contribution is 5.79. The molecule has 0 spiro atoms. The minimum Gasteiger partial charge on any atom is -0.496 e. The lowest BCUT2D eigenvalue weighted by molar-refractivity contribution is -0.137. The molecular weight excluding hydrogens is 373 g/mol. The summed E-state index contributed by atoms with van der Waals surface area (Å²) in [7, 11) is 1.43. The first kappa shape index (κ1) is 20.5. The third-order valence-electron chi connectivity index (χ3n) is 4.83. The Labute approximate surface area is 168 Å². The highest BCUT2D eigenvalue weighted by Crippen LogP contribution is 2.37. The van der Waals surface area contributed by atoms with Crippen molar-refractivity contribution < 1.29 is 17.9 Å². The molecule has 29 heavy (non-hydrogen) atoms. The van der Waals surface area contributed by atoms with Gasteiger partial charge in [-0.2, -0.15) is 13.2 Å². The van der Waals surface area contributed by atoms with Gasteiger partial charge in [-0.25, -0.2) is 0 Å². The van der Waals surface area contributed by atoms with Gasteiger partial charge < -0.3 is 4.74 Å². The Hall–Kier alpha value is -3.27. The van der Waals surface area contributed by atoms with Crippen molar-refractivity contribution in [2.75, 3.05) is 7.11 Å². The molecular formula is C25H21F3O. The number of benzene rings is 3. The van der Waals surface area contributed by atoms with Gasteiger partial charge in [0.1, 0.15) is 5.75 Å². The normalized spacial score (nSPS) is 11.6. The summed E-state index contributed by atoms with van der Waals surface area (Å²) in [4.78, 5) is 0. The van der Waals surface area contributed by atoms with Crippen LogP contribution in [0.3, 0.4) is 0 Å². The van der Waals surface area contributed by atoms with Gasteiger partial charge in [-0.15, -0.1) is 0 Å². The molecule has 0 bridgehead atoms. The van der Waals surface area contributed by atoms with E-state index in [0.717, 1.165) is 28.3 Å². The zero-order valence-corrected chi connectivity index (χ0v) is 16.3. The van der Waals surface area contributed by atoms with E-state index < -0.39 is 11.7 Å². The van der Waals surface area contributed by atoms with E-state index >= 15 is 0 Å². The molecule has 0 aliphatic rings. The van der Waals surface area contributed by atoms with Crippen LogP contribution >= 0.6 is 0 Å². The Kier molecular flexibility index (Phi) is 5.92. The second kappa shape index (κ2) is 8.39. The fourth-order valence-corrected chi connectivity index (χ4v) is 3.28. The van der Waals surface area contributed by atoms with Gasteiger partial charge in [0.2, 0.25) is 0 Å². The highest BCUT2D eigenvalue weighted by atomic mass is 19.4. The van der Waals surface area contributed by atoms with Crippen molar-refractivity contribution >= 4 is 18.2 Å². The van der Waals surface area contributed by atoms with Crippen molar-refractivity contribution in [3.63, 3.8) is 0 Å². The summed E-state index contributed by atoms with van der Waals surface area (Å²) in [6.07, 6.45) is 0.0639. The summed E-state index contributed by atoms with van der Waals surface area (Å²) in [5, 5.41) is 0. The van der Waals surface area contributed by atoms with Gasteiger partial charge in [-0.05, 0) is 46.9 Å². The fourth-order valence-electron chi connectivity index (χ4n) is 3.28. The SMILES string of the molecule is C=Cc1cc(C(F)(F)F)c(/C=C/c2cccc(-c3ccccc3)c2C)cc1OC. The molecule has 0 amide bonds. The summed E-state index contributed by atoms with van der Waals surface area (Å²) in [5.41, 5.74) is 3.59. The lowest BCUT2D eigenvalue weighted by Gasteiger charge is -2.15. The van der Waals surface area contributed by atoms with Crippen LogP contribution in [0.4, 0.5) is 13.2 Å². The van der Waals surface area contributed by atoms with E-state index in [1.54, 1.807) is 6.08 Å². The molecule has 0 saturated carbocycles. The standard InChI is InChI=1S/C25H21F3O/c1-4-18-15-23(25(26,27)28)21(16-24(18)29-3)14-13-19-11-8-12-22(17(19)2)20-9-6-5-7-10-20/h4-16H,1H2,2-3H3/b14-13+. The topological polar surface area (TPSA) is 9.23 Å². The number of rotatable bonds is 5. The van der Waals surface area contributed by atoms with Crippen LogP contribution in [0.1, 0.15) is 27.8 Å².